The Bertz CT molecular complexity index is 362. The van der Waals surface area contributed by atoms with E-state index >= 15 is 0 Å². The molecule has 2 heterocycles. The molecule has 1 fully saturated rings. The predicted molar refractivity (Wildman–Crippen MR) is 78.4 cm³/mol. The molecule has 0 amide bonds. The molecule has 1 aliphatic heterocycles. The summed E-state index contributed by atoms with van der Waals surface area (Å²) >= 11 is 0. The lowest BCUT2D eigenvalue weighted by molar-refractivity contribution is 0.0733. The molecule has 0 radical (unpaired) electrons. The van der Waals surface area contributed by atoms with Crippen LogP contribution in [0.3, 0.4) is 0 Å². The van der Waals surface area contributed by atoms with Crippen LogP contribution >= 0.6 is 0 Å². The van der Waals surface area contributed by atoms with E-state index in [9.17, 15) is 0 Å². The highest BCUT2D eigenvalue weighted by Crippen LogP contribution is 2.08. The van der Waals surface area contributed by atoms with Gasteiger partial charge in [0.05, 0.1) is 12.3 Å². The van der Waals surface area contributed by atoms with Crippen molar-refractivity contribution in [1.29, 1.82) is 0 Å². The number of ether oxygens (including phenoxy) is 1. The Morgan fingerprint density at radius 2 is 2.20 bits per heavy atom. The zero-order valence-electron chi connectivity index (χ0n) is 12.6. The number of hydrogen-bond acceptors (Lipinski definition) is 5. The fraction of sp³-hybridized carbons (Fsp3) is 0.800. The molecule has 1 N–H and O–H groups in total. The van der Waals surface area contributed by atoms with Gasteiger partial charge in [-0.1, -0.05) is 18.5 Å². The maximum Gasteiger partial charge on any atom is 0.162 e. The average molecular weight is 281 g/mol. The second kappa shape index (κ2) is 9.10. The van der Waals surface area contributed by atoms with Gasteiger partial charge in [-0.25, -0.2) is 0 Å². The fourth-order valence-electron chi connectivity index (χ4n) is 2.45. The third-order valence-electron chi connectivity index (χ3n) is 3.59. The summed E-state index contributed by atoms with van der Waals surface area (Å²) in [5.74, 6) is 0.817. The Kier molecular flexibility index (Phi) is 7.05. The van der Waals surface area contributed by atoms with Gasteiger partial charge < -0.3 is 19.5 Å². The molecular formula is C15H27N3O2. The van der Waals surface area contributed by atoms with Gasteiger partial charge in [0.25, 0.3) is 0 Å². The summed E-state index contributed by atoms with van der Waals surface area (Å²) in [4.78, 5) is 2.48. The van der Waals surface area contributed by atoms with Crippen LogP contribution in [-0.4, -0.2) is 42.8 Å². The van der Waals surface area contributed by atoms with Gasteiger partial charge >= 0.3 is 0 Å². The minimum atomic E-state index is 0.522. The zero-order chi connectivity index (χ0) is 14.0. The van der Waals surface area contributed by atoms with E-state index in [-0.39, 0.29) is 0 Å². The highest BCUT2D eigenvalue weighted by atomic mass is 16.5. The number of likely N-dealkylation sites (tertiary alicyclic amines) is 1. The molecule has 0 aliphatic carbocycles. The van der Waals surface area contributed by atoms with Crippen molar-refractivity contribution in [1.82, 2.24) is 15.4 Å². The summed E-state index contributed by atoms with van der Waals surface area (Å²) in [6, 6.07) is 1.98. The highest BCUT2D eigenvalue weighted by molar-refractivity contribution is 5.04. The molecule has 2 rings (SSSR count). The third-order valence-corrected chi connectivity index (χ3v) is 3.59. The van der Waals surface area contributed by atoms with Crippen LogP contribution < -0.4 is 5.32 Å². The Balaban J connectivity index is 1.56. The second-order valence-corrected chi connectivity index (χ2v) is 5.42. The lowest BCUT2D eigenvalue weighted by Crippen LogP contribution is -2.32. The molecule has 0 saturated carbocycles. The molecule has 1 aromatic heterocycles. The van der Waals surface area contributed by atoms with E-state index in [0.717, 1.165) is 44.1 Å². The molecule has 114 valence electrons. The van der Waals surface area contributed by atoms with Crippen LogP contribution in [0.25, 0.3) is 0 Å². The smallest absolute Gasteiger partial charge is 0.162 e. The topological polar surface area (TPSA) is 50.5 Å². The molecule has 0 bridgehead atoms. The number of rotatable bonds is 9. The van der Waals surface area contributed by atoms with Crippen LogP contribution in [0.2, 0.25) is 0 Å². The van der Waals surface area contributed by atoms with Crippen molar-refractivity contribution in [3.05, 3.63) is 17.5 Å². The van der Waals surface area contributed by atoms with Gasteiger partial charge in [0.1, 0.15) is 6.61 Å². The number of piperidine rings is 1. The normalized spacial score (nSPS) is 16.6. The fourth-order valence-corrected chi connectivity index (χ4v) is 2.45. The van der Waals surface area contributed by atoms with Crippen molar-refractivity contribution in [2.45, 2.75) is 45.8 Å². The minimum absolute atomic E-state index is 0.522. The third kappa shape index (κ3) is 5.61. The van der Waals surface area contributed by atoms with Crippen LogP contribution in [0.15, 0.2) is 10.6 Å². The van der Waals surface area contributed by atoms with E-state index in [4.69, 9.17) is 9.26 Å². The number of nitrogens with one attached hydrogen (secondary N) is 1. The van der Waals surface area contributed by atoms with Crippen LogP contribution in [0.4, 0.5) is 0 Å². The summed E-state index contributed by atoms with van der Waals surface area (Å²) in [5.41, 5.74) is 0.952. The summed E-state index contributed by atoms with van der Waals surface area (Å²) in [5, 5.41) is 7.33. The lowest BCUT2D eigenvalue weighted by Gasteiger charge is -2.25. The molecule has 0 unspecified atom stereocenters. The predicted octanol–water partition coefficient (Wildman–Crippen LogP) is 2.18. The van der Waals surface area contributed by atoms with Crippen LogP contribution in [0.1, 0.15) is 44.1 Å². The van der Waals surface area contributed by atoms with Crippen LogP contribution in [0, 0.1) is 0 Å². The van der Waals surface area contributed by atoms with Crippen LogP contribution in [0.5, 0.6) is 0 Å². The standard InChI is InChI=1S/C15H27N3O2/c1-2-6-16-12-14-11-15(20-17-14)13-19-10-9-18-7-4-3-5-8-18/h11,16H,2-10,12-13H2,1H3. The molecule has 5 nitrogen and oxygen atoms in total. The number of nitrogens with zero attached hydrogens (tertiary/aromatic N) is 2. The first-order valence-electron chi connectivity index (χ1n) is 7.84. The van der Waals surface area contributed by atoms with Gasteiger partial charge in [0.15, 0.2) is 5.76 Å². The molecule has 5 heteroatoms. The summed E-state index contributed by atoms with van der Waals surface area (Å²) in [6.45, 7) is 8.69. The molecular weight excluding hydrogens is 254 g/mol. The van der Waals surface area contributed by atoms with Crippen molar-refractivity contribution in [3.63, 3.8) is 0 Å². The minimum Gasteiger partial charge on any atom is -0.372 e. The Morgan fingerprint density at radius 3 is 3.00 bits per heavy atom. The zero-order valence-corrected chi connectivity index (χ0v) is 12.6. The first kappa shape index (κ1) is 15.5. The Labute approximate surface area is 121 Å². The van der Waals surface area contributed by atoms with Gasteiger partial charge in [-0.2, -0.15) is 0 Å². The highest BCUT2D eigenvalue weighted by Gasteiger charge is 2.09. The van der Waals surface area contributed by atoms with E-state index in [0.29, 0.717) is 6.61 Å². The average Bonchev–Trinajstić information content (AvgIpc) is 2.93. The first-order valence-corrected chi connectivity index (χ1v) is 7.84. The van der Waals surface area contributed by atoms with Crippen molar-refractivity contribution >= 4 is 0 Å². The molecule has 20 heavy (non-hydrogen) atoms. The van der Waals surface area contributed by atoms with Gasteiger partial charge in [0.2, 0.25) is 0 Å². The second-order valence-electron chi connectivity index (χ2n) is 5.42. The molecule has 0 spiro atoms. The Morgan fingerprint density at radius 1 is 1.35 bits per heavy atom. The quantitative estimate of drug-likeness (QED) is 0.703. The van der Waals surface area contributed by atoms with Gasteiger partial charge in [-0.15, -0.1) is 0 Å². The lowest BCUT2D eigenvalue weighted by atomic mass is 10.1. The van der Waals surface area contributed by atoms with E-state index in [1.54, 1.807) is 0 Å². The monoisotopic (exact) mass is 281 g/mol. The SMILES string of the molecule is CCCNCc1cc(COCCN2CCCCC2)on1. The number of hydrogen-bond donors (Lipinski definition) is 1. The van der Waals surface area contributed by atoms with Crippen molar-refractivity contribution < 1.29 is 9.26 Å². The largest absolute Gasteiger partial charge is 0.372 e. The molecule has 1 aliphatic rings. The van der Waals surface area contributed by atoms with Gasteiger partial charge in [-0.05, 0) is 38.9 Å². The molecule has 0 aromatic carbocycles. The maximum absolute atomic E-state index is 5.67. The first-order chi connectivity index (χ1) is 9.88. The van der Waals surface area contributed by atoms with Crippen molar-refractivity contribution in [3.8, 4) is 0 Å². The molecule has 0 atom stereocenters. The van der Waals surface area contributed by atoms with Gasteiger partial charge in [0, 0.05) is 19.2 Å². The Hall–Kier alpha value is -0.910. The molecule has 1 aromatic rings. The van der Waals surface area contributed by atoms with Crippen LogP contribution in [-0.2, 0) is 17.9 Å². The summed E-state index contributed by atoms with van der Waals surface area (Å²) in [6.07, 6.45) is 5.17. The summed E-state index contributed by atoms with van der Waals surface area (Å²) < 4.78 is 10.9. The van der Waals surface area contributed by atoms with Gasteiger partial charge in [-0.3, -0.25) is 0 Å². The van der Waals surface area contributed by atoms with Crippen molar-refractivity contribution in [2.24, 2.45) is 0 Å². The van der Waals surface area contributed by atoms with E-state index in [2.05, 4.69) is 22.3 Å². The van der Waals surface area contributed by atoms with E-state index in [1.165, 1.54) is 32.4 Å². The maximum atomic E-state index is 5.67. The van der Waals surface area contributed by atoms with E-state index in [1.807, 2.05) is 6.07 Å². The number of aromatic nitrogens is 1. The molecule has 1 saturated heterocycles. The van der Waals surface area contributed by atoms with Crippen molar-refractivity contribution in [2.75, 3.05) is 32.8 Å². The van der Waals surface area contributed by atoms with E-state index < -0.39 is 0 Å². The summed E-state index contributed by atoms with van der Waals surface area (Å²) in [7, 11) is 0.